The van der Waals surface area contributed by atoms with Gasteiger partial charge in [0.25, 0.3) is 11.8 Å². The van der Waals surface area contributed by atoms with Gasteiger partial charge in [0, 0.05) is 26.2 Å². The Morgan fingerprint density at radius 2 is 2.00 bits per heavy atom. The molecule has 2 aliphatic heterocycles. The van der Waals surface area contributed by atoms with Crippen molar-refractivity contribution in [2.24, 2.45) is 5.92 Å². The monoisotopic (exact) mass is 386 g/mol. The maximum absolute atomic E-state index is 12.9. The number of ether oxygens (including phenoxy) is 1. The summed E-state index contributed by atoms with van der Waals surface area (Å²) in [6, 6.07) is 1.76. The van der Waals surface area contributed by atoms with Gasteiger partial charge in [-0.25, -0.2) is 0 Å². The lowest BCUT2D eigenvalue weighted by Gasteiger charge is -2.28. The SMILES string of the molecule is Cc1cc(C(=O)NC[C@@H]2CCn3ncc(C(=O)N4CCOCC4)c3C2)c(C)o1. The molecule has 0 radical (unpaired) electrons. The molecule has 4 heterocycles. The molecule has 8 nitrogen and oxygen atoms in total. The van der Waals surface area contributed by atoms with Crippen LogP contribution in [0.1, 0.15) is 44.4 Å². The summed E-state index contributed by atoms with van der Waals surface area (Å²) >= 11 is 0. The summed E-state index contributed by atoms with van der Waals surface area (Å²) in [5.74, 6) is 1.56. The van der Waals surface area contributed by atoms with Crippen LogP contribution in [0.15, 0.2) is 16.7 Å². The number of carbonyl (C=O) groups is 2. The molecule has 1 saturated heterocycles. The van der Waals surface area contributed by atoms with Gasteiger partial charge in [0.2, 0.25) is 0 Å². The Labute approximate surface area is 163 Å². The quantitative estimate of drug-likeness (QED) is 0.861. The Morgan fingerprint density at radius 1 is 1.21 bits per heavy atom. The van der Waals surface area contributed by atoms with E-state index >= 15 is 0 Å². The smallest absolute Gasteiger partial charge is 0.257 e. The summed E-state index contributed by atoms with van der Waals surface area (Å²) in [6.07, 6.45) is 3.34. The van der Waals surface area contributed by atoms with E-state index in [1.165, 1.54) is 0 Å². The molecule has 0 spiro atoms. The fourth-order valence-corrected chi connectivity index (χ4v) is 3.98. The lowest BCUT2D eigenvalue weighted by atomic mass is 9.94. The average Bonchev–Trinajstić information content (AvgIpc) is 3.28. The molecule has 1 atom stereocenters. The zero-order chi connectivity index (χ0) is 19.7. The number of nitrogens with zero attached hydrogens (tertiary/aromatic N) is 3. The van der Waals surface area contributed by atoms with Crippen molar-refractivity contribution in [3.63, 3.8) is 0 Å². The molecule has 150 valence electrons. The highest BCUT2D eigenvalue weighted by Crippen LogP contribution is 2.24. The maximum atomic E-state index is 12.9. The topological polar surface area (TPSA) is 89.6 Å². The number of carbonyl (C=O) groups excluding carboxylic acids is 2. The van der Waals surface area contributed by atoms with Crippen LogP contribution in [-0.4, -0.2) is 59.3 Å². The number of amides is 2. The molecule has 2 aromatic heterocycles. The third kappa shape index (κ3) is 3.69. The average molecular weight is 386 g/mol. The third-order valence-electron chi connectivity index (χ3n) is 5.55. The van der Waals surface area contributed by atoms with Crippen LogP contribution in [0.25, 0.3) is 0 Å². The summed E-state index contributed by atoms with van der Waals surface area (Å²) in [5, 5.41) is 7.42. The van der Waals surface area contributed by atoms with Crippen LogP contribution in [-0.2, 0) is 17.7 Å². The fraction of sp³-hybridized carbons (Fsp3) is 0.550. The van der Waals surface area contributed by atoms with Crippen LogP contribution in [0.2, 0.25) is 0 Å². The Kier molecular flexibility index (Phi) is 5.21. The lowest BCUT2D eigenvalue weighted by molar-refractivity contribution is 0.0301. The van der Waals surface area contributed by atoms with Crippen LogP contribution in [0.4, 0.5) is 0 Å². The van der Waals surface area contributed by atoms with Crippen LogP contribution in [0, 0.1) is 19.8 Å². The number of furan rings is 1. The van der Waals surface area contributed by atoms with E-state index in [0.717, 1.165) is 30.8 Å². The van der Waals surface area contributed by atoms with Gasteiger partial charge in [-0.1, -0.05) is 0 Å². The summed E-state index contributed by atoms with van der Waals surface area (Å²) in [5.41, 5.74) is 2.23. The van der Waals surface area contributed by atoms with Crippen LogP contribution < -0.4 is 5.32 Å². The predicted octanol–water partition coefficient (Wildman–Crippen LogP) is 1.56. The molecule has 0 aliphatic carbocycles. The highest BCUT2D eigenvalue weighted by molar-refractivity contribution is 5.96. The molecule has 0 aromatic carbocycles. The molecule has 2 aliphatic rings. The third-order valence-corrected chi connectivity index (χ3v) is 5.55. The molecule has 2 aromatic rings. The summed E-state index contributed by atoms with van der Waals surface area (Å²) in [7, 11) is 0. The highest BCUT2D eigenvalue weighted by Gasteiger charge is 2.28. The predicted molar refractivity (Wildman–Crippen MR) is 101 cm³/mol. The fourth-order valence-electron chi connectivity index (χ4n) is 3.98. The molecule has 28 heavy (non-hydrogen) atoms. The molecule has 0 bridgehead atoms. The van der Waals surface area contributed by atoms with Gasteiger partial charge < -0.3 is 19.4 Å². The first-order valence-electron chi connectivity index (χ1n) is 9.80. The van der Waals surface area contributed by atoms with E-state index in [0.29, 0.717) is 49.7 Å². The Bertz CT molecular complexity index is 879. The minimum Gasteiger partial charge on any atom is -0.466 e. The number of morpholine rings is 1. The van der Waals surface area contributed by atoms with Crippen LogP contribution in [0.3, 0.4) is 0 Å². The first-order chi connectivity index (χ1) is 13.5. The van der Waals surface area contributed by atoms with Gasteiger partial charge in [-0.2, -0.15) is 5.10 Å². The second kappa shape index (κ2) is 7.79. The molecule has 2 amide bonds. The number of hydrogen-bond acceptors (Lipinski definition) is 5. The van der Waals surface area contributed by atoms with Crippen molar-refractivity contribution in [1.82, 2.24) is 20.0 Å². The number of rotatable bonds is 4. The summed E-state index contributed by atoms with van der Waals surface area (Å²) in [4.78, 5) is 27.1. The second-order valence-corrected chi connectivity index (χ2v) is 7.53. The van der Waals surface area contributed by atoms with Gasteiger partial charge in [-0.05, 0) is 38.7 Å². The van der Waals surface area contributed by atoms with E-state index < -0.39 is 0 Å². The maximum Gasteiger partial charge on any atom is 0.257 e. The number of aryl methyl sites for hydroxylation is 3. The van der Waals surface area contributed by atoms with Gasteiger partial charge >= 0.3 is 0 Å². The Hall–Kier alpha value is -2.61. The van der Waals surface area contributed by atoms with E-state index in [1.807, 2.05) is 16.5 Å². The van der Waals surface area contributed by atoms with Crippen LogP contribution >= 0.6 is 0 Å². The van der Waals surface area contributed by atoms with E-state index in [2.05, 4.69) is 10.4 Å². The van der Waals surface area contributed by atoms with E-state index in [-0.39, 0.29) is 17.7 Å². The second-order valence-electron chi connectivity index (χ2n) is 7.53. The van der Waals surface area contributed by atoms with E-state index in [9.17, 15) is 9.59 Å². The van der Waals surface area contributed by atoms with Crippen molar-refractivity contribution in [1.29, 1.82) is 0 Å². The first-order valence-corrected chi connectivity index (χ1v) is 9.80. The molecular formula is C20H26N4O4. The number of aromatic nitrogens is 2. The van der Waals surface area contributed by atoms with Gasteiger partial charge in [-0.15, -0.1) is 0 Å². The van der Waals surface area contributed by atoms with E-state index in [1.54, 1.807) is 19.2 Å². The van der Waals surface area contributed by atoms with Crippen molar-refractivity contribution in [2.45, 2.75) is 33.2 Å². The summed E-state index contributed by atoms with van der Waals surface area (Å²) < 4.78 is 12.7. The zero-order valence-corrected chi connectivity index (χ0v) is 16.4. The lowest BCUT2D eigenvalue weighted by Crippen LogP contribution is -2.41. The van der Waals surface area contributed by atoms with Gasteiger partial charge in [0.1, 0.15) is 11.5 Å². The first kappa shape index (κ1) is 18.7. The Balaban J connectivity index is 1.40. The Morgan fingerprint density at radius 3 is 2.71 bits per heavy atom. The number of fused-ring (bicyclic) bond motifs is 1. The van der Waals surface area contributed by atoms with Gasteiger partial charge in [0.05, 0.1) is 36.2 Å². The molecule has 1 fully saturated rings. The van der Waals surface area contributed by atoms with E-state index in [4.69, 9.17) is 9.15 Å². The molecular weight excluding hydrogens is 360 g/mol. The van der Waals surface area contributed by atoms with Gasteiger partial charge in [-0.3, -0.25) is 14.3 Å². The standard InChI is InChI=1S/C20H26N4O4/c1-13-9-16(14(2)28-13)19(25)21-11-15-3-4-24-18(10-15)17(12-22-24)20(26)23-5-7-27-8-6-23/h9,12,15H,3-8,10-11H2,1-2H3,(H,21,25)/t15-/m1/s1. The van der Waals surface area contributed by atoms with Crippen molar-refractivity contribution < 1.29 is 18.7 Å². The number of hydrogen-bond donors (Lipinski definition) is 1. The normalized spacial score (nSPS) is 19.4. The molecule has 4 rings (SSSR count). The zero-order valence-electron chi connectivity index (χ0n) is 16.4. The molecule has 1 N–H and O–H groups in total. The van der Waals surface area contributed by atoms with Crippen molar-refractivity contribution in [3.8, 4) is 0 Å². The molecule has 0 unspecified atom stereocenters. The van der Waals surface area contributed by atoms with Crippen molar-refractivity contribution in [2.75, 3.05) is 32.8 Å². The number of nitrogens with one attached hydrogen (secondary N) is 1. The highest BCUT2D eigenvalue weighted by atomic mass is 16.5. The minimum absolute atomic E-state index is 0.0266. The molecule has 8 heteroatoms. The molecule has 0 saturated carbocycles. The van der Waals surface area contributed by atoms with Gasteiger partial charge in [0.15, 0.2) is 0 Å². The largest absolute Gasteiger partial charge is 0.466 e. The minimum atomic E-state index is -0.113. The van der Waals surface area contributed by atoms with Crippen molar-refractivity contribution >= 4 is 11.8 Å². The van der Waals surface area contributed by atoms with Crippen molar-refractivity contribution in [3.05, 3.63) is 40.6 Å². The van der Waals surface area contributed by atoms with Crippen LogP contribution in [0.5, 0.6) is 0 Å². The summed E-state index contributed by atoms with van der Waals surface area (Å²) in [6.45, 7) is 7.35.